The predicted octanol–water partition coefficient (Wildman–Crippen LogP) is 3.24. The standard InChI is InChI=1S/C14H20O2/c1-14(2)8-7-12(15)9-13(14)16-10-11-5-3-4-6-11/h3,5,9,11H,4,6-8,10H2,1-2H3. The minimum Gasteiger partial charge on any atom is -0.497 e. The highest BCUT2D eigenvalue weighted by atomic mass is 16.5. The first-order valence-corrected chi connectivity index (χ1v) is 6.12. The van der Waals surface area contributed by atoms with Crippen LogP contribution in [0.4, 0.5) is 0 Å². The van der Waals surface area contributed by atoms with Gasteiger partial charge in [-0.2, -0.15) is 0 Å². The molecule has 1 unspecified atom stereocenters. The minimum atomic E-state index is 0.0240. The van der Waals surface area contributed by atoms with E-state index in [1.165, 1.54) is 6.42 Å². The molecule has 2 nitrogen and oxygen atoms in total. The van der Waals surface area contributed by atoms with Gasteiger partial charge in [-0.25, -0.2) is 0 Å². The highest BCUT2D eigenvalue weighted by molar-refractivity contribution is 5.91. The fraction of sp³-hybridized carbons (Fsp3) is 0.643. The summed E-state index contributed by atoms with van der Waals surface area (Å²) in [7, 11) is 0. The van der Waals surface area contributed by atoms with E-state index in [1.54, 1.807) is 6.08 Å². The van der Waals surface area contributed by atoms with Crippen molar-refractivity contribution in [3.8, 4) is 0 Å². The van der Waals surface area contributed by atoms with E-state index in [4.69, 9.17) is 4.74 Å². The van der Waals surface area contributed by atoms with E-state index in [-0.39, 0.29) is 11.2 Å². The molecule has 88 valence electrons. The summed E-state index contributed by atoms with van der Waals surface area (Å²) in [6.07, 6.45) is 10.0. The van der Waals surface area contributed by atoms with Crippen LogP contribution in [0.15, 0.2) is 24.0 Å². The van der Waals surface area contributed by atoms with Crippen molar-refractivity contribution < 1.29 is 9.53 Å². The highest BCUT2D eigenvalue weighted by Gasteiger charge is 2.30. The van der Waals surface area contributed by atoms with E-state index in [9.17, 15) is 4.79 Å². The smallest absolute Gasteiger partial charge is 0.159 e. The normalized spacial score (nSPS) is 28.0. The van der Waals surface area contributed by atoms with Crippen LogP contribution in [0.2, 0.25) is 0 Å². The maximum atomic E-state index is 11.4. The SMILES string of the molecule is CC1(C)CCC(=O)C=C1OCC1C=CCC1. The second kappa shape index (κ2) is 4.44. The van der Waals surface area contributed by atoms with Gasteiger partial charge in [-0.05, 0) is 19.3 Å². The van der Waals surface area contributed by atoms with Crippen LogP contribution in [0.1, 0.15) is 39.5 Å². The summed E-state index contributed by atoms with van der Waals surface area (Å²) in [5, 5.41) is 0. The number of carbonyl (C=O) groups excluding carboxylic acids is 1. The molecule has 2 aliphatic carbocycles. The Hall–Kier alpha value is -1.05. The van der Waals surface area contributed by atoms with Gasteiger partial charge >= 0.3 is 0 Å². The molecule has 0 aliphatic heterocycles. The fourth-order valence-corrected chi connectivity index (χ4v) is 2.24. The van der Waals surface area contributed by atoms with Gasteiger partial charge in [0, 0.05) is 23.8 Å². The zero-order chi connectivity index (χ0) is 11.6. The molecule has 0 aromatic heterocycles. The highest BCUT2D eigenvalue weighted by Crippen LogP contribution is 2.36. The van der Waals surface area contributed by atoms with Crippen LogP contribution in [0.25, 0.3) is 0 Å². The molecular weight excluding hydrogens is 200 g/mol. The van der Waals surface area contributed by atoms with Crippen molar-refractivity contribution in [3.05, 3.63) is 24.0 Å². The summed E-state index contributed by atoms with van der Waals surface area (Å²) >= 11 is 0. The molecule has 16 heavy (non-hydrogen) atoms. The molecule has 0 bridgehead atoms. The number of ketones is 1. The van der Waals surface area contributed by atoms with Crippen LogP contribution in [0.5, 0.6) is 0 Å². The molecular formula is C14H20O2. The molecule has 0 spiro atoms. The largest absolute Gasteiger partial charge is 0.497 e. The van der Waals surface area contributed by atoms with E-state index in [0.717, 1.165) is 25.2 Å². The Balaban J connectivity index is 1.96. The third-order valence-corrected chi connectivity index (χ3v) is 3.52. The van der Waals surface area contributed by atoms with Crippen molar-refractivity contribution in [2.24, 2.45) is 11.3 Å². The van der Waals surface area contributed by atoms with Gasteiger partial charge in [0.05, 0.1) is 6.61 Å². The Morgan fingerprint density at radius 2 is 2.31 bits per heavy atom. The van der Waals surface area contributed by atoms with Gasteiger partial charge < -0.3 is 4.74 Å². The van der Waals surface area contributed by atoms with Gasteiger partial charge in [0.25, 0.3) is 0 Å². The lowest BCUT2D eigenvalue weighted by Crippen LogP contribution is -2.24. The maximum absolute atomic E-state index is 11.4. The Morgan fingerprint density at radius 3 is 3.00 bits per heavy atom. The molecule has 0 N–H and O–H groups in total. The monoisotopic (exact) mass is 220 g/mol. The molecule has 0 amide bonds. The molecule has 0 radical (unpaired) electrons. The lowest BCUT2D eigenvalue weighted by atomic mass is 9.80. The van der Waals surface area contributed by atoms with Crippen LogP contribution >= 0.6 is 0 Å². The number of hydrogen-bond acceptors (Lipinski definition) is 2. The molecule has 0 saturated carbocycles. The van der Waals surface area contributed by atoms with Crippen molar-refractivity contribution in [3.63, 3.8) is 0 Å². The summed E-state index contributed by atoms with van der Waals surface area (Å²) in [6, 6.07) is 0. The zero-order valence-electron chi connectivity index (χ0n) is 10.2. The first-order valence-electron chi connectivity index (χ1n) is 6.12. The van der Waals surface area contributed by atoms with Gasteiger partial charge in [-0.3, -0.25) is 4.79 Å². The van der Waals surface area contributed by atoms with Crippen LogP contribution in [0.3, 0.4) is 0 Å². The quantitative estimate of drug-likeness (QED) is 0.682. The number of allylic oxidation sites excluding steroid dienone is 3. The number of rotatable bonds is 3. The molecule has 1 atom stereocenters. The van der Waals surface area contributed by atoms with Crippen molar-refractivity contribution >= 4 is 5.78 Å². The second-order valence-corrected chi connectivity index (χ2v) is 5.44. The summed E-state index contributed by atoms with van der Waals surface area (Å²) < 4.78 is 5.84. The predicted molar refractivity (Wildman–Crippen MR) is 63.9 cm³/mol. The van der Waals surface area contributed by atoms with Crippen LogP contribution in [0, 0.1) is 11.3 Å². The summed E-state index contributed by atoms with van der Waals surface area (Å²) in [5.41, 5.74) is 0.0240. The number of hydrogen-bond donors (Lipinski definition) is 0. The molecule has 2 rings (SSSR count). The van der Waals surface area contributed by atoms with Crippen LogP contribution in [-0.4, -0.2) is 12.4 Å². The molecule has 0 aromatic rings. The second-order valence-electron chi connectivity index (χ2n) is 5.44. The molecule has 0 saturated heterocycles. The average Bonchev–Trinajstić information content (AvgIpc) is 2.72. The lowest BCUT2D eigenvalue weighted by molar-refractivity contribution is -0.116. The molecule has 0 heterocycles. The van der Waals surface area contributed by atoms with Crippen LogP contribution in [-0.2, 0) is 9.53 Å². The number of carbonyl (C=O) groups is 1. The van der Waals surface area contributed by atoms with Crippen molar-refractivity contribution in [1.29, 1.82) is 0 Å². The third-order valence-electron chi connectivity index (χ3n) is 3.52. The summed E-state index contributed by atoms with van der Waals surface area (Å²) in [5.74, 6) is 1.62. The Kier molecular flexibility index (Phi) is 3.17. The first kappa shape index (κ1) is 11.4. The van der Waals surface area contributed by atoms with Crippen molar-refractivity contribution in [2.45, 2.75) is 39.5 Å². The summed E-state index contributed by atoms with van der Waals surface area (Å²) in [4.78, 5) is 11.4. The fourth-order valence-electron chi connectivity index (χ4n) is 2.24. The average molecular weight is 220 g/mol. The van der Waals surface area contributed by atoms with Gasteiger partial charge in [-0.15, -0.1) is 0 Å². The lowest BCUT2D eigenvalue weighted by Gasteiger charge is -2.31. The Bertz CT molecular complexity index is 337. The first-order chi connectivity index (χ1) is 7.58. The molecule has 0 aromatic carbocycles. The maximum Gasteiger partial charge on any atom is 0.159 e. The van der Waals surface area contributed by atoms with E-state index < -0.39 is 0 Å². The minimum absolute atomic E-state index is 0.0240. The van der Waals surface area contributed by atoms with Gasteiger partial charge in [0.15, 0.2) is 5.78 Å². The van der Waals surface area contributed by atoms with Gasteiger partial charge in [-0.1, -0.05) is 26.0 Å². The van der Waals surface area contributed by atoms with Crippen LogP contribution < -0.4 is 0 Å². The Morgan fingerprint density at radius 1 is 1.50 bits per heavy atom. The number of ether oxygens (including phenoxy) is 1. The third kappa shape index (κ3) is 2.55. The van der Waals surface area contributed by atoms with E-state index in [2.05, 4.69) is 26.0 Å². The zero-order valence-corrected chi connectivity index (χ0v) is 10.2. The van der Waals surface area contributed by atoms with E-state index in [1.807, 2.05) is 0 Å². The van der Waals surface area contributed by atoms with Crippen molar-refractivity contribution in [1.82, 2.24) is 0 Å². The molecule has 0 fully saturated rings. The van der Waals surface area contributed by atoms with E-state index in [0.29, 0.717) is 12.3 Å². The van der Waals surface area contributed by atoms with Gasteiger partial charge in [0.2, 0.25) is 0 Å². The summed E-state index contributed by atoms with van der Waals surface area (Å²) in [6.45, 7) is 5.02. The Labute approximate surface area is 97.4 Å². The molecule has 2 heteroatoms. The van der Waals surface area contributed by atoms with Gasteiger partial charge in [0.1, 0.15) is 5.76 Å². The van der Waals surface area contributed by atoms with Crippen molar-refractivity contribution in [2.75, 3.05) is 6.61 Å². The van der Waals surface area contributed by atoms with E-state index >= 15 is 0 Å². The topological polar surface area (TPSA) is 26.3 Å². The molecule has 2 aliphatic rings.